The lowest BCUT2D eigenvalue weighted by molar-refractivity contribution is -0.204. The first kappa shape index (κ1) is 9.51. The number of hydrogen-bond donors (Lipinski definition) is 1. The Balaban J connectivity index is 2.19. The Morgan fingerprint density at radius 1 is 1.07 bits per heavy atom. The summed E-state index contributed by atoms with van der Waals surface area (Å²) in [6.45, 7) is 0. The summed E-state index contributed by atoms with van der Waals surface area (Å²) in [6.07, 6.45) is -1.35. The predicted molar refractivity (Wildman–Crippen MR) is 47.6 cm³/mol. The number of rotatable bonds is 1. The first-order chi connectivity index (χ1) is 7.15. The molecule has 0 radical (unpaired) electrons. The molecule has 1 N–H and O–H groups in total. The molecule has 0 aromatic heterocycles. The topological polar surface area (TPSA) is 72.8 Å². The first-order valence-corrected chi connectivity index (χ1v) is 4.33. The standard InChI is InChI=1S/C10H8O5/c11-7-3-1-6(2-4-7)10-14-8(12)5-9(13)15-10/h1-4,10-11H,5H2. The molecule has 0 unspecified atom stereocenters. The second-order valence-electron chi connectivity index (χ2n) is 3.08. The highest BCUT2D eigenvalue weighted by Gasteiger charge is 2.28. The Morgan fingerprint density at radius 3 is 2.13 bits per heavy atom. The molecule has 1 heterocycles. The van der Waals surface area contributed by atoms with Crippen molar-refractivity contribution in [1.82, 2.24) is 0 Å². The van der Waals surface area contributed by atoms with E-state index in [-0.39, 0.29) is 12.2 Å². The molecular formula is C10H8O5. The number of hydrogen-bond acceptors (Lipinski definition) is 5. The van der Waals surface area contributed by atoms with Crippen LogP contribution in [0.25, 0.3) is 0 Å². The third-order valence-corrected chi connectivity index (χ3v) is 1.93. The molecule has 1 aliphatic heterocycles. The third-order valence-electron chi connectivity index (χ3n) is 1.93. The Morgan fingerprint density at radius 2 is 1.60 bits per heavy atom. The zero-order valence-electron chi connectivity index (χ0n) is 7.67. The third kappa shape index (κ3) is 2.07. The summed E-state index contributed by atoms with van der Waals surface area (Å²) in [4.78, 5) is 21.9. The molecule has 0 spiro atoms. The molecule has 1 aromatic carbocycles. The number of phenolic OH excluding ortho intramolecular Hbond substituents is 1. The average Bonchev–Trinajstić information content (AvgIpc) is 2.17. The van der Waals surface area contributed by atoms with Gasteiger partial charge in [-0.15, -0.1) is 0 Å². The monoisotopic (exact) mass is 208 g/mol. The van der Waals surface area contributed by atoms with Gasteiger partial charge >= 0.3 is 11.9 Å². The molecule has 0 bridgehead atoms. The van der Waals surface area contributed by atoms with E-state index in [2.05, 4.69) is 0 Å². The molecule has 1 saturated heterocycles. The van der Waals surface area contributed by atoms with E-state index in [1.807, 2.05) is 0 Å². The molecule has 15 heavy (non-hydrogen) atoms. The number of esters is 2. The molecule has 0 atom stereocenters. The van der Waals surface area contributed by atoms with Gasteiger partial charge in [0.2, 0.25) is 0 Å². The Hall–Kier alpha value is -2.04. The second kappa shape index (κ2) is 3.61. The van der Waals surface area contributed by atoms with E-state index in [4.69, 9.17) is 14.6 Å². The van der Waals surface area contributed by atoms with E-state index in [1.54, 1.807) is 0 Å². The number of cyclic esters (lactones) is 2. The lowest BCUT2D eigenvalue weighted by atomic mass is 10.2. The van der Waals surface area contributed by atoms with E-state index in [1.165, 1.54) is 24.3 Å². The minimum atomic E-state index is -1.00. The van der Waals surface area contributed by atoms with Gasteiger partial charge in [-0.05, 0) is 24.3 Å². The van der Waals surface area contributed by atoms with Crippen LogP contribution >= 0.6 is 0 Å². The number of carbonyl (C=O) groups excluding carboxylic acids is 2. The van der Waals surface area contributed by atoms with Crippen LogP contribution in [0, 0.1) is 0 Å². The van der Waals surface area contributed by atoms with E-state index in [9.17, 15) is 9.59 Å². The summed E-state index contributed by atoms with van der Waals surface area (Å²) in [5, 5.41) is 9.04. The Bertz CT molecular complexity index is 379. The number of benzene rings is 1. The SMILES string of the molecule is O=C1CC(=O)OC(c2ccc(O)cc2)O1. The Kier molecular flexibility index (Phi) is 2.29. The van der Waals surface area contributed by atoms with Crippen LogP contribution in [-0.4, -0.2) is 17.0 Å². The van der Waals surface area contributed by atoms with Crippen molar-refractivity contribution in [1.29, 1.82) is 0 Å². The highest BCUT2D eigenvalue weighted by Crippen LogP contribution is 2.25. The van der Waals surface area contributed by atoms with Crippen LogP contribution in [0.4, 0.5) is 0 Å². The van der Waals surface area contributed by atoms with Gasteiger partial charge in [0, 0.05) is 5.56 Å². The van der Waals surface area contributed by atoms with Crippen LogP contribution in [0.2, 0.25) is 0 Å². The van der Waals surface area contributed by atoms with Gasteiger partial charge in [0.25, 0.3) is 6.29 Å². The molecule has 2 rings (SSSR count). The van der Waals surface area contributed by atoms with Crippen molar-refractivity contribution in [2.24, 2.45) is 0 Å². The van der Waals surface area contributed by atoms with Gasteiger partial charge in [0.15, 0.2) is 0 Å². The van der Waals surface area contributed by atoms with Crippen LogP contribution in [0.5, 0.6) is 5.75 Å². The fourth-order valence-electron chi connectivity index (χ4n) is 1.23. The van der Waals surface area contributed by atoms with Crippen molar-refractivity contribution in [2.45, 2.75) is 12.7 Å². The lowest BCUT2D eigenvalue weighted by Gasteiger charge is -2.22. The molecule has 1 fully saturated rings. The molecular weight excluding hydrogens is 200 g/mol. The maximum atomic E-state index is 11.0. The summed E-state index contributed by atoms with van der Waals surface area (Å²) >= 11 is 0. The maximum Gasteiger partial charge on any atom is 0.320 e. The van der Waals surface area contributed by atoms with Gasteiger partial charge in [-0.2, -0.15) is 0 Å². The van der Waals surface area contributed by atoms with Crippen molar-refractivity contribution >= 4 is 11.9 Å². The van der Waals surface area contributed by atoms with Crippen LogP contribution in [-0.2, 0) is 19.1 Å². The molecule has 5 heteroatoms. The second-order valence-corrected chi connectivity index (χ2v) is 3.08. The van der Waals surface area contributed by atoms with Gasteiger partial charge in [0.05, 0.1) is 0 Å². The minimum Gasteiger partial charge on any atom is -0.508 e. The molecule has 0 amide bonds. The van der Waals surface area contributed by atoms with Gasteiger partial charge < -0.3 is 14.6 Å². The van der Waals surface area contributed by atoms with Crippen LogP contribution in [0.3, 0.4) is 0 Å². The first-order valence-electron chi connectivity index (χ1n) is 4.33. The molecule has 78 valence electrons. The van der Waals surface area contributed by atoms with E-state index in [0.29, 0.717) is 5.56 Å². The summed E-state index contributed by atoms with van der Waals surface area (Å²) in [5.74, 6) is -1.12. The Labute approximate surface area is 85.2 Å². The summed E-state index contributed by atoms with van der Waals surface area (Å²) in [6, 6.07) is 5.88. The predicted octanol–water partition coefficient (Wildman–Crippen LogP) is 0.881. The van der Waals surface area contributed by atoms with E-state index >= 15 is 0 Å². The fourth-order valence-corrected chi connectivity index (χ4v) is 1.23. The number of ether oxygens (including phenoxy) is 2. The highest BCUT2D eigenvalue weighted by atomic mass is 16.7. The molecule has 0 saturated carbocycles. The smallest absolute Gasteiger partial charge is 0.320 e. The van der Waals surface area contributed by atoms with Gasteiger partial charge in [-0.1, -0.05) is 0 Å². The zero-order chi connectivity index (χ0) is 10.8. The molecule has 5 nitrogen and oxygen atoms in total. The van der Waals surface area contributed by atoms with E-state index < -0.39 is 18.2 Å². The van der Waals surface area contributed by atoms with Crippen molar-refractivity contribution in [3.63, 3.8) is 0 Å². The molecule has 1 aliphatic rings. The van der Waals surface area contributed by atoms with Gasteiger partial charge in [-0.3, -0.25) is 9.59 Å². The van der Waals surface area contributed by atoms with Crippen molar-refractivity contribution < 1.29 is 24.2 Å². The maximum absolute atomic E-state index is 11.0. The van der Waals surface area contributed by atoms with E-state index in [0.717, 1.165) is 0 Å². The number of carbonyl (C=O) groups is 2. The van der Waals surface area contributed by atoms with Gasteiger partial charge in [0.1, 0.15) is 12.2 Å². The van der Waals surface area contributed by atoms with Crippen LogP contribution < -0.4 is 0 Å². The van der Waals surface area contributed by atoms with Crippen LogP contribution in [0.1, 0.15) is 18.3 Å². The van der Waals surface area contributed by atoms with Crippen molar-refractivity contribution in [2.75, 3.05) is 0 Å². The number of aromatic hydroxyl groups is 1. The fraction of sp³-hybridized carbons (Fsp3) is 0.200. The van der Waals surface area contributed by atoms with Gasteiger partial charge in [-0.25, -0.2) is 0 Å². The largest absolute Gasteiger partial charge is 0.508 e. The summed E-state index contributed by atoms with van der Waals surface area (Å²) in [7, 11) is 0. The number of phenols is 1. The highest BCUT2D eigenvalue weighted by molar-refractivity contribution is 5.92. The normalized spacial score (nSPS) is 17.1. The summed E-state index contributed by atoms with van der Waals surface area (Å²) < 4.78 is 9.64. The van der Waals surface area contributed by atoms with Crippen molar-refractivity contribution in [3.05, 3.63) is 29.8 Å². The molecule has 0 aliphatic carbocycles. The van der Waals surface area contributed by atoms with Crippen molar-refractivity contribution in [3.8, 4) is 5.75 Å². The molecule has 1 aromatic rings. The van der Waals surface area contributed by atoms with Crippen LogP contribution in [0.15, 0.2) is 24.3 Å². The quantitative estimate of drug-likeness (QED) is 0.547. The zero-order valence-corrected chi connectivity index (χ0v) is 7.67. The minimum absolute atomic E-state index is 0.0900. The average molecular weight is 208 g/mol. The lowest BCUT2D eigenvalue weighted by Crippen LogP contribution is -2.26. The summed E-state index contributed by atoms with van der Waals surface area (Å²) in [5.41, 5.74) is 0.509.